The van der Waals surface area contributed by atoms with Crippen molar-refractivity contribution in [2.24, 2.45) is 0 Å². The van der Waals surface area contributed by atoms with Gasteiger partial charge >= 0.3 is 5.69 Å². The predicted octanol–water partition coefficient (Wildman–Crippen LogP) is 7.72. The number of aromatic nitrogens is 2. The van der Waals surface area contributed by atoms with Gasteiger partial charge in [-0.05, 0) is 18.6 Å². The van der Waals surface area contributed by atoms with E-state index in [9.17, 15) is 10.1 Å². The van der Waals surface area contributed by atoms with E-state index in [4.69, 9.17) is 0 Å². The minimum Gasteiger partial charge on any atom is -0.364 e. The number of anilines is 3. The fourth-order valence-electron chi connectivity index (χ4n) is 3.95. The summed E-state index contributed by atoms with van der Waals surface area (Å²) in [6.45, 7) is 2.92. The highest BCUT2D eigenvalue weighted by Gasteiger charge is 2.22. The number of para-hydroxylation sites is 1. The highest BCUT2D eigenvalue weighted by molar-refractivity contribution is 5.70. The summed E-state index contributed by atoms with van der Waals surface area (Å²) in [5.41, 5.74) is 6.38. The first-order valence-electron chi connectivity index (χ1n) is 13.0. The fourth-order valence-corrected chi connectivity index (χ4v) is 3.95. The lowest BCUT2D eigenvalue weighted by Gasteiger charge is -2.11. The van der Waals surface area contributed by atoms with Crippen molar-refractivity contribution in [3.8, 4) is 0 Å². The van der Waals surface area contributed by atoms with Crippen LogP contribution in [0.1, 0.15) is 96.8 Å². The average Bonchev–Trinajstić information content (AvgIpc) is 2.85. The first kappa shape index (κ1) is 27.3. The first-order valence-corrected chi connectivity index (χ1v) is 13.0. The minimum atomic E-state index is -0.456. The first-order chi connectivity index (χ1) is 16.7. The Balaban J connectivity index is 1.58. The Morgan fingerprint density at radius 3 is 1.82 bits per heavy atom. The SMILES string of the molecule is CCCCCCCCCCCCCCCCNc1ncnc(NNc2ccccc2)c1[N+](=O)[O-]. The lowest BCUT2D eigenvalue weighted by atomic mass is 10.0. The number of hydrazine groups is 1. The monoisotopic (exact) mass is 470 g/mol. The van der Waals surface area contributed by atoms with Gasteiger partial charge < -0.3 is 5.32 Å². The van der Waals surface area contributed by atoms with Crippen LogP contribution in [0.2, 0.25) is 0 Å². The standard InChI is InChI=1S/C26H42N6O2/c1-2-3-4-5-6-7-8-9-10-11-12-13-14-18-21-27-25-24(32(33)34)26(29-22-28-25)31-30-23-19-16-15-17-20-23/h15-17,19-20,22,30H,2-14,18,21H2,1H3,(H2,27,28,29,31). The third-order valence-electron chi connectivity index (χ3n) is 5.93. The molecule has 0 aliphatic carbocycles. The smallest absolute Gasteiger partial charge is 0.354 e. The molecule has 2 rings (SSSR count). The van der Waals surface area contributed by atoms with Crippen LogP contribution in [0, 0.1) is 10.1 Å². The number of unbranched alkanes of at least 4 members (excludes halogenated alkanes) is 13. The van der Waals surface area contributed by atoms with Gasteiger partial charge in [0.25, 0.3) is 0 Å². The van der Waals surface area contributed by atoms with Gasteiger partial charge in [-0.3, -0.25) is 21.0 Å². The molecule has 1 heterocycles. The van der Waals surface area contributed by atoms with Crippen LogP contribution in [0.4, 0.5) is 23.0 Å². The maximum Gasteiger partial charge on any atom is 0.354 e. The zero-order valence-corrected chi connectivity index (χ0v) is 20.7. The van der Waals surface area contributed by atoms with Gasteiger partial charge in [0.15, 0.2) is 0 Å². The Hall–Kier alpha value is -2.90. The summed E-state index contributed by atoms with van der Waals surface area (Å²) < 4.78 is 0. The summed E-state index contributed by atoms with van der Waals surface area (Å²) in [4.78, 5) is 19.3. The molecule has 0 saturated heterocycles. The maximum absolute atomic E-state index is 11.6. The van der Waals surface area contributed by atoms with Gasteiger partial charge in [-0.2, -0.15) is 0 Å². The van der Waals surface area contributed by atoms with Crippen LogP contribution in [0.25, 0.3) is 0 Å². The van der Waals surface area contributed by atoms with Crippen molar-refractivity contribution in [2.45, 2.75) is 96.8 Å². The molecule has 0 aliphatic heterocycles. The second-order valence-electron chi connectivity index (χ2n) is 8.82. The number of nitro groups is 1. The fraction of sp³-hybridized carbons (Fsp3) is 0.615. The molecule has 0 radical (unpaired) electrons. The van der Waals surface area contributed by atoms with Crippen LogP contribution in [-0.4, -0.2) is 21.4 Å². The number of hydrogen-bond donors (Lipinski definition) is 3. The van der Waals surface area contributed by atoms with Crippen LogP contribution in [-0.2, 0) is 0 Å². The molecule has 1 aromatic carbocycles. The molecule has 188 valence electrons. The Labute approximate surface area is 204 Å². The van der Waals surface area contributed by atoms with E-state index in [0.29, 0.717) is 6.54 Å². The molecule has 0 spiro atoms. The molecule has 0 amide bonds. The number of benzene rings is 1. The molecule has 3 N–H and O–H groups in total. The van der Waals surface area contributed by atoms with Crippen molar-refractivity contribution in [3.63, 3.8) is 0 Å². The Kier molecular flexibility index (Phi) is 14.1. The molecule has 0 saturated carbocycles. The molecule has 0 bridgehead atoms. The molecule has 0 unspecified atom stereocenters. The zero-order valence-electron chi connectivity index (χ0n) is 20.7. The van der Waals surface area contributed by atoms with E-state index in [1.54, 1.807) is 0 Å². The van der Waals surface area contributed by atoms with E-state index in [2.05, 4.69) is 33.1 Å². The summed E-state index contributed by atoms with van der Waals surface area (Å²) in [6, 6.07) is 9.37. The van der Waals surface area contributed by atoms with Gasteiger partial charge in [-0.1, -0.05) is 109 Å². The molecule has 0 aliphatic rings. The molecular formula is C26H42N6O2. The van der Waals surface area contributed by atoms with Crippen molar-refractivity contribution in [1.29, 1.82) is 0 Å². The molecule has 2 aromatic rings. The van der Waals surface area contributed by atoms with Gasteiger partial charge in [0.1, 0.15) is 6.33 Å². The van der Waals surface area contributed by atoms with Crippen LogP contribution in [0.5, 0.6) is 0 Å². The Morgan fingerprint density at radius 2 is 1.26 bits per heavy atom. The van der Waals surface area contributed by atoms with Gasteiger partial charge in [0.2, 0.25) is 11.6 Å². The van der Waals surface area contributed by atoms with Crippen molar-refractivity contribution in [2.75, 3.05) is 22.7 Å². The van der Waals surface area contributed by atoms with Gasteiger partial charge in [0.05, 0.1) is 10.6 Å². The third-order valence-corrected chi connectivity index (χ3v) is 5.93. The van der Waals surface area contributed by atoms with E-state index in [1.165, 1.54) is 83.4 Å². The van der Waals surface area contributed by atoms with Crippen LogP contribution >= 0.6 is 0 Å². The molecule has 0 fully saturated rings. The number of rotatable bonds is 20. The molecule has 34 heavy (non-hydrogen) atoms. The van der Waals surface area contributed by atoms with Crippen LogP contribution < -0.4 is 16.2 Å². The summed E-state index contributed by atoms with van der Waals surface area (Å²) >= 11 is 0. The average molecular weight is 471 g/mol. The van der Waals surface area contributed by atoms with Crippen molar-refractivity contribution in [1.82, 2.24) is 9.97 Å². The van der Waals surface area contributed by atoms with E-state index in [-0.39, 0.29) is 17.3 Å². The van der Waals surface area contributed by atoms with Crippen LogP contribution in [0.15, 0.2) is 36.7 Å². The summed E-state index contributed by atoms with van der Waals surface area (Å²) in [7, 11) is 0. The molecule has 0 atom stereocenters. The topological polar surface area (TPSA) is 105 Å². The van der Waals surface area contributed by atoms with E-state index < -0.39 is 4.92 Å². The highest BCUT2D eigenvalue weighted by atomic mass is 16.6. The second-order valence-corrected chi connectivity index (χ2v) is 8.82. The molecule has 8 heteroatoms. The second kappa shape index (κ2) is 17.6. The normalized spacial score (nSPS) is 10.7. The number of hydrogen-bond acceptors (Lipinski definition) is 7. The Bertz CT molecular complexity index is 803. The summed E-state index contributed by atoms with van der Waals surface area (Å²) in [6.07, 6.45) is 19.6. The largest absolute Gasteiger partial charge is 0.364 e. The summed E-state index contributed by atoms with van der Waals surface area (Å²) in [5.74, 6) is 0.374. The third kappa shape index (κ3) is 11.3. The lowest BCUT2D eigenvalue weighted by molar-refractivity contribution is -0.383. The van der Waals surface area contributed by atoms with Crippen molar-refractivity contribution >= 4 is 23.0 Å². The molecule has 1 aromatic heterocycles. The van der Waals surface area contributed by atoms with Gasteiger partial charge in [0, 0.05) is 6.54 Å². The molecule has 8 nitrogen and oxygen atoms in total. The van der Waals surface area contributed by atoms with E-state index >= 15 is 0 Å². The highest BCUT2D eigenvalue weighted by Crippen LogP contribution is 2.29. The summed E-state index contributed by atoms with van der Waals surface area (Å²) in [5, 5.41) is 14.7. The number of nitrogens with one attached hydrogen (secondary N) is 3. The van der Waals surface area contributed by atoms with E-state index in [0.717, 1.165) is 18.5 Å². The molecular weight excluding hydrogens is 428 g/mol. The Morgan fingerprint density at radius 1 is 0.735 bits per heavy atom. The van der Waals surface area contributed by atoms with Crippen LogP contribution in [0.3, 0.4) is 0 Å². The van der Waals surface area contributed by atoms with Gasteiger partial charge in [-0.25, -0.2) is 9.97 Å². The predicted molar refractivity (Wildman–Crippen MR) is 141 cm³/mol. The zero-order chi connectivity index (χ0) is 24.3. The van der Waals surface area contributed by atoms with Gasteiger partial charge in [-0.15, -0.1) is 0 Å². The number of nitrogens with zero attached hydrogens (tertiary/aromatic N) is 3. The quantitative estimate of drug-likeness (QED) is 0.103. The van der Waals surface area contributed by atoms with Crippen molar-refractivity contribution in [3.05, 3.63) is 46.8 Å². The maximum atomic E-state index is 11.6. The van der Waals surface area contributed by atoms with Crippen molar-refractivity contribution < 1.29 is 4.92 Å². The van der Waals surface area contributed by atoms with E-state index in [1.807, 2.05) is 30.3 Å². The minimum absolute atomic E-state index is 0.132. The lowest BCUT2D eigenvalue weighted by Crippen LogP contribution is -2.14.